The van der Waals surface area contributed by atoms with E-state index in [1.165, 1.54) is 11.8 Å². The van der Waals surface area contributed by atoms with Crippen molar-refractivity contribution in [2.45, 2.75) is 36.8 Å². The van der Waals surface area contributed by atoms with Crippen molar-refractivity contribution in [3.8, 4) is 5.75 Å². The molecule has 1 aromatic heterocycles. The number of carbonyl (C=O) groups is 1. The number of nitrogens with zero attached hydrogens (tertiary/aromatic N) is 4. The summed E-state index contributed by atoms with van der Waals surface area (Å²) in [6.45, 7) is 4.34. The van der Waals surface area contributed by atoms with E-state index in [1.54, 1.807) is 11.8 Å². The lowest BCUT2D eigenvalue weighted by Crippen LogP contribution is -2.33. The standard InChI is InChI=1S/C20H23N5O2S/c1-14(17-7-5-4-6-8-17)21-19(26)15(2)28-20-22-23-24-25(20)13-16-9-11-18(27-3)12-10-16/h4-12,14-15H,13H2,1-3H3,(H,21,26). The summed E-state index contributed by atoms with van der Waals surface area (Å²) in [5.41, 5.74) is 2.11. The summed E-state index contributed by atoms with van der Waals surface area (Å²) in [5, 5.41) is 15.2. The third-order valence-electron chi connectivity index (χ3n) is 4.30. The highest BCUT2D eigenvalue weighted by atomic mass is 32.2. The Bertz CT molecular complexity index is 898. The number of ether oxygens (including phenoxy) is 1. The van der Waals surface area contributed by atoms with Crippen molar-refractivity contribution in [3.63, 3.8) is 0 Å². The van der Waals surface area contributed by atoms with Crippen molar-refractivity contribution in [3.05, 3.63) is 65.7 Å². The third kappa shape index (κ3) is 5.10. The van der Waals surface area contributed by atoms with Crippen LogP contribution in [-0.2, 0) is 11.3 Å². The van der Waals surface area contributed by atoms with E-state index in [0.717, 1.165) is 16.9 Å². The van der Waals surface area contributed by atoms with Crippen molar-refractivity contribution >= 4 is 17.7 Å². The second-order valence-corrected chi connectivity index (χ2v) is 7.68. The Hall–Kier alpha value is -2.87. The monoisotopic (exact) mass is 397 g/mol. The van der Waals surface area contributed by atoms with Crippen molar-refractivity contribution in [2.24, 2.45) is 0 Å². The highest BCUT2D eigenvalue weighted by Crippen LogP contribution is 2.22. The molecule has 3 aromatic rings. The van der Waals surface area contributed by atoms with Crippen LogP contribution in [0.15, 0.2) is 59.8 Å². The van der Waals surface area contributed by atoms with Gasteiger partial charge in [-0.05, 0) is 47.5 Å². The van der Waals surface area contributed by atoms with Crippen LogP contribution >= 0.6 is 11.8 Å². The number of aromatic nitrogens is 4. The summed E-state index contributed by atoms with van der Waals surface area (Å²) in [5.74, 6) is 0.744. The first-order chi connectivity index (χ1) is 13.6. The van der Waals surface area contributed by atoms with E-state index in [1.807, 2.05) is 68.4 Å². The summed E-state index contributed by atoms with van der Waals surface area (Å²) >= 11 is 1.34. The van der Waals surface area contributed by atoms with Gasteiger partial charge in [-0.15, -0.1) is 5.10 Å². The molecule has 0 aliphatic heterocycles. The molecule has 0 bridgehead atoms. The number of thioether (sulfide) groups is 1. The molecule has 2 atom stereocenters. The number of hydrogen-bond donors (Lipinski definition) is 1. The Morgan fingerprint density at radius 1 is 1.14 bits per heavy atom. The van der Waals surface area contributed by atoms with Crippen LogP contribution in [0.4, 0.5) is 0 Å². The zero-order valence-corrected chi connectivity index (χ0v) is 16.9. The fourth-order valence-corrected chi connectivity index (χ4v) is 3.45. The lowest BCUT2D eigenvalue weighted by Gasteiger charge is -2.17. The van der Waals surface area contributed by atoms with Crippen LogP contribution in [0.3, 0.4) is 0 Å². The van der Waals surface area contributed by atoms with E-state index < -0.39 is 0 Å². The number of methoxy groups -OCH3 is 1. The molecule has 0 aliphatic rings. The Balaban J connectivity index is 1.60. The fourth-order valence-electron chi connectivity index (χ4n) is 2.65. The number of rotatable bonds is 8. The summed E-state index contributed by atoms with van der Waals surface area (Å²) in [6, 6.07) is 17.5. The lowest BCUT2D eigenvalue weighted by molar-refractivity contribution is -0.120. The first-order valence-corrected chi connectivity index (χ1v) is 9.86. The van der Waals surface area contributed by atoms with Gasteiger partial charge in [0.05, 0.1) is 24.9 Å². The van der Waals surface area contributed by atoms with Gasteiger partial charge in [-0.2, -0.15) is 0 Å². The second-order valence-electron chi connectivity index (χ2n) is 6.37. The van der Waals surface area contributed by atoms with Gasteiger partial charge in [-0.25, -0.2) is 4.68 Å². The van der Waals surface area contributed by atoms with E-state index >= 15 is 0 Å². The summed E-state index contributed by atoms with van der Waals surface area (Å²) in [7, 11) is 1.64. The molecule has 0 saturated heterocycles. The van der Waals surface area contributed by atoms with Crippen LogP contribution in [0.1, 0.15) is 31.0 Å². The molecule has 0 aliphatic carbocycles. The average Bonchev–Trinajstić information content (AvgIpc) is 3.15. The number of amides is 1. The number of benzene rings is 2. The Labute approximate surface area is 168 Å². The number of carbonyl (C=O) groups excluding carboxylic acids is 1. The van der Waals surface area contributed by atoms with Gasteiger partial charge in [0, 0.05) is 0 Å². The molecule has 0 saturated carbocycles. The average molecular weight is 398 g/mol. The molecule has 2 aromatic carbocycles. The van der Waals surface area contributed by atoms with Crippen LogP contribution in [-0.4, -0.2) is 38.5 Å². The zero-order valence-electron chi connectivity index (χ0n) is 16.1. The highest BCUT2D eigenvalue weighted by molar-refractivity contribution is 8.00. The summed E-state index contributed by atoms with van der Waals surface area (Å²) in [4.78, 5) is 12.6. The van der Waals surface area contributed by atoms with Gasteiger partial charge in [0.2, 0.25) is 11.1 Å². The molecule has 8 heteroatoms. The minimum Gasteiger partial charge on any atom is -0.497 e. The minimum atomic E-state index is -0.327. The molecule has 0 spiro atoms. The SMILES string of the molecule is COc1ccc(Cn2nnnc2SC(C)C(=O)NC(C)c2ccccc2)cc1. The maximum absolute atomic E-state index is 12.6. The van der Waals surface area contributed by atoms with Crippen LogP contribution in [0, 0.1) is 0 Å². The lowest BCUT2D eigenvalue weighted by atomic mass is 10.1. The Kier molecular flexibility index (Phi) is 6.65. The van der Waals surface area contributed by atoms with Gasteiger partial charge < -0.3 is 10.1 Å². The molecule has 1 amide bonds. The topological polar surface area (TPSA) is 81.9 Å². The highest BCUT2D eigenvalue weighted by Gasteiger charge is 2.20. The molecule has 2 unspecified atom stereocenters. The van der Waals surface area contributed by atoms with E-state index in [0.29, 0.717) is 11.7 Å². The molecular formula is C20H23N5O2S. The molecule has 0 fully saturated rings. The molecule has 3 rings (SSSR count). The zero-order chi connectivity index (χ0) is 19.9. The summed E-state index contributed by atoms with van der Waals surface area (Å²) in [6.07, 6.45) is 0. The van der Waals surface area contributed by atoms with E-state index in [2.05, 4.69) is 20.8 Å². The molecule has 0 radical (unpaired) electrons. The van der Waals surface area contributed by atoms with E-state index in [-0.39, 0.29) is 17.2 Å². The van der Waals surface area contributed by atoms with Crippen LogP contribution in [0.2, 0.25) is 0 Å². The van der Waals surface area contributed by atoms with Crippen molar-refractivity contribution in [2.75, 3.05) is 7.11 Å². The van der Waals surface area contributed by atoms with Gasteiger partial charge in [-0.3, -0.25) is 4.79 Å². The van der Waals surface area contributed by atoms with Crippen LogP contribution in [0.25, 0.3) is 0 Å². The number of hydrogen-bond acceptors (Lipinski definition) is 6. The maximum Gasteiger partial charge on any atom is 0.233 e. The van der Waals surface area contributed by atoms with Crippen LogP contribution in [0.5, 0.6) is 5.75 Å². The van der Waals surface area contributed by atoms with E-state index in [9.17, 15) is 4.79 Å². The predicted molar refractivity (Wildman–Crippen MR) is 108 cm³/mol. The fraction of sp³-hybridized carbons (Fsp3) is 0.300. The third-order valence-corrected chi connectivity index (χ3v) is 5.37. The first kappa shape index (κ1) is 19.9. The van der Waals surface area contributed by atoms with Crippen molar-refractivity contribution in [1.82, 2.24) is 25.5 Å². The Morgan fingerprint density at radius 3 is 2.54 bits per heavy atom. The van der Waals surface area contributed by atoms with Crippen molar-refractivity contribution < 1.29 is 9.53 Å². The molecule has 146 valence electrons. The molecule has 28 heavy (non-hydrogen) atoms. The normalized spacial score (nSPS) is 13.0. The van der Waals surface area contributed by atoms with Gasteiger partial charge in [0.25, 0.3) is 0 Å². The molecule has 1 N–H and O–H groups in total. The summed E-state index contributed by atoms with van der Waals surface area (Å²) < 4.78 is 6.87. The van der Waals surface area contributed by atoms with E-state index in [4.69, 9.17) is 4.74 Å². The minimum absolute atomic E-state index is 0.0552. The first-order valence-electron chi connectivity index (χ1n) is 8.98. The predicted octanol–water partition coefficient (Wildman–Crippen LogP) is 3.09. The molecule has 1 heterocycles. The molecular weight excluding hydrogens is 374 g/mol. The van der Waals surface area contributed by atoms with Gasteiger partial charge in [-0.1, -0.05) is 54.2 Å². The Morgan fingerprint density at radius 2 is 1.86 bits per heavy atom. The molecule has 7 nitrogen and oxygen atoms in total. The number of tetrazole rings is 1. The van der Waals surface area contributed by atoms with Gasteiger partial charge in [0.15, 0.2) is 0 Å². The maximum atomic E-state index is 12.6. The number of nitrogens with one attached hydrogen (secondary N) is 1. The van der Waals surface area contributed by atoms with Crippen molar-refractivity contribution in [1.29, 1.82) is 0 Å². The van der Waals surface area contributed by atoms with Gasteiger partial charge in [0.1, 0.15) is 5.75 Å². The quantitative estimate of drug-likeness (QED) is 0.588. The van der Waals surface area contributed by atoms with Crippen LogP contribution < -0.4 is 10.1 Å². The van der Waals surface area contributed by atoms with Gasteiger partial charge >= 0.3 is 0 Å². The second kappa shape index (κ2) is 9.36. The smallest absolute Gasteiger partial charge is 0.233 e. The largest absolute Gasteiger partial charge is 0.497 e.